The van der Waals surface area contributed by atoms with Gasteiger partial charge in [-0.25, -0.2) is 4.99 Å². The van der Waals surface area contributed by atoms with Crippen molar-refractivity contribution in [1.29, 1.82) is 0 Å². The van der Waals surface area contributed by atoms with E-state index >= 15 is 0 Å². The van der Waals surface area contributed by atoms with Gasteiger partial charge in [0, 0.05) is 78.2 Å². The van der Waals surface area contributed by atoms with Gasteiger partial charge in [0.1, 0.15) is 5.82 Å². The number of morpholine rings is 1. The summed E-state index contributed by atoms with van der Waals surface area (Å²) in [6, 6.07) is 14.0. The van der Waals surface area contributed by atoms with E-state index in [4.69, 9.17) is 10.5 Å². The molecule has 9 heteroatoms. The second-order valence-electron chi connectivity index (χ2n) is 8.61. The summed E-state index contributed by atoms with van der Waals surface area (Å²) in [6.07, 6.45) is 1.71. The van der Waals surface area contributed by atoms with E-state index in [0.29, 0.717) is 16.4 Å². The Morgan fingerprint density at radius 2 is 1.94 bits per heavy atom. The molecule has 2 saturated heterocycles. The summed E-state index contributed by atoms with van der Waals surface area (Å²) in [5.41, 5.74) is 9.95. The lowest BCUT2D eigenvalue weighted by atomic mass is 10.1. The number of anilines is 3. The highest BCUT2D eigenvalue weighted by atomic mass is 32.1. The van der Waals surface area contributed by atoms with Crippen molar-refractivity contribution in [1.82, 2.24) is 10.2 Å². The number of carbonyl (C=O) groups is 1. The molecule has 0 aliphatic carbocycles. The summed E-state index contributed by atoms with van der Waals surface area (Å²) < 4.78 is 6.44. The Bertz CT molecular complexity index is 1260. The summed E-state index contributed by atoms with van der Waals surface area (Å²) in [4.78, 5) is 22.3. The number of benzene rings is 2. The van der Waals surface area contributed by atoms with Crippen LogP contribution in [0.5, 0.6) is 0 Å². The van der Waals surface area contributed by atoms with Gasteiger partial charge in [0.15, 0.2) is 0 Å². The third-order valence-electron chi connectivity index (χ3n) is 6.26. The predicted octanol–water partition coefficient (Wildman–Crippen LogP) is 3.37. The minimum Gasteiger partial charge on any atom is -0.398 e. The van der Waals surface area contributed by atoms with Crippen LogP contribution in [0.3, 0.4) is 0 Å². The van der Waals surface area contributed by atoms with Crippen LogP contribution in [0.1, 0.15) is 15.2 Å². The maximum Gasteiger partial charge on any atom is 0.264 e. The molecule has 35 heavy (non-hydrogen) atoms. The number of nitrogens with one attached hydrogen (secondary N) is 2. The predicted molar refractivity (Wildman–Crippen MR) is 145 cm³/mol. The summed E-state index contributed by atoms with van der Waals surface area (Å²) in [5.74, 6) is 0.586. The monoisotopic (exact) mass is 490 g/mol. The zero-order valence-electron chi connectivity index (χ0n) is 19.6. The molecule has 1 amide bonds. The number of thiophene rings is 1. The number of aliphatic imine (C=N–C) groups is 1. The van der Waals surface area contributed by atoms with E-state index in [0.717, 1.165) is 79.5 Å². The molecule has 5 rings (SSSR count). The van der Waals surface area contributed by atoms with E-state index in [-0.39, 0.29) is 5.91 Å². The third-order valence-corrected chi connectivity index (χ3v) is 7.35. The fraction of sp³-hybridized carbons (Fsp3) is 0.308. The van der Waals surface area contributed by atoms with Crippen molar-refractivity contribution in [2.24, 2.45) is 4.99 Å². The Morgan fingerprint density at radius 1 is 1.14 bits per heavy atom. The Morgan fingerprint density at radius 3 is 2.74 bits per heavy atom. The number of rotatable bonds is 6. The maximum absolute atomic E-state index is 12.9. The lowest BCUT2D eigenvalue weighted by molar-refractivity contribution is 0.0741. The van der Waals surface area contributed by atoms with E-state index in [9.17, 15) is 4.79 Å². The molecular formula is C26H30N6O2S. The van der Waals surface area contributed by atoms with E-state index in [2.05, 4.69) is 39.2 Å². The van der Waals surface area contributed by atoms with E-state index in [1.54, 1.807) is 6.21 Å². The molecule has 2 fully saturated rings. The number of nitrogens with two attached hydrogens (primary N) is 1. The topological polar surface area (TPSA) is 95.2 Å². The Kier molecular flexibility index (Phi) is 6.98. The number of amides is 1. The van der Waals surface area contributed by atoms with Crippen molar-refractivity contribution in [2.75, 3.05) is 68.4 Å². The van der Waals surface area contributed by atoms with Crippen LogP contribution in [0, 0.1) is 0 Å². The first-order valence-corrected chi connectivity index (χ1v) is 12.6. The van der Waals surface area contributed by atoms with Crippen molar-refractivity contribution in [2.45, 2.75) is 0 Å². The number of fused-ring (bicyclic) bond motifs is 1. The minimum atomic E-state index is 0.0687. The number of nitrogen functional groups attached to an aromatic ring is 1. The molecule has 0 unspecified atom stereocenters. The molecule has 2 aliphatic rings. The number of carbonyl (C=O) groups excluding carboxylic acids is 1. The van der Waals surface area contributed by atoms with Gasteiger partial charge in [-0.15, -0.1) is 11.3 Å². The van der Waals surface area contributed by atoms with Gasteiger partial charge in [-0.05, 0) is 36.4 Å². The SMILES string of the molecule is C=C(/N=C\c1ccc2sc(C(=O)N3CCNCC3)cc2c1N)Nc1cccc(N2CCOCC2)c1. The van der Waals surface area contributed by atoms with Crippen LogP contribution in [0.2, 0.25) is 0 Å². The number of nitrogens with zero attached hydrogens (tertiary/aromatic N) is 3. The molecule has 3 heterocycles. The lowest BCUT2D eigenvalue weighted by Gasteiger charge is -2.29. The number of hydrogen-bond acceptors (Lipinski definition) is 8. The standard InChI is InChI=1S/C26H30N6O2S/c1-18(30-20-3-2-4-21(15-20)31-11-13-34-14-12-31)29-17-19-5-6-23-22(25(19)27)16-24(35-23)26(33)32-9-7-28-8-10-32/h2-6,15-17,28,30H,1,7-14,27H2/b29-17-. The molecule has 0 bridgehead atoms. The van der Waals surface area contributed by atoms with Crippen LogP contribution < -0.4 is 21.3 Å². The average Bonchev–Trinajstić information content (AvgIpc) is 3.34. The molecule has 0 saturated carbocycles. The van der Waals surface area contributed by atoms with Crippen LogP contribution >= 0.6 is 11.3 Å². The highest BCUT2D eigenvalue weighted by Crippen LogP contribution is 2.32. The average molecular weight is 491 g/mol. The van der Waals surface area contributed by atoms with Gasteiger partial charge >= 0.3 is 0 Å². The molecule has 3 aromatic rings. The zero-order chi connectivity index (χ0) is 24.2. The van der Waals surface area contributed by atoms with Crippen LogP contribution in [0.25, 0.3) is 10.1 Å². The van der Waals surface area contributed by atoms with E-state index in [1.807, 2.05) is 35.2 Å². The van der Waals surface area contributed by atoms with Crippen molar-refractivity contribution in [3.05, 3.63) is 65.3 Å². The van der Waals surface area contributed by atoms with Crippen molar-refractivity contribution in [3.8, 4) is 0 Å². The van der Waals surface area contributed by atoms with Gasteiger partial charge in [0.2, 0.25) is 0 Å². The normalized spacial score (nSPS) is 16.7. The van der Waals surface area contributed by atoms with Crippen LogP contribution in [-0.2, 0) is 4.74 Å². The number of hydrogen-bond donors (Lipinski definition) is 3. The first kappa shape index (κ1) is 23.3. The van der Waals surface area contributed by atoms with Gasteiger partial charge in [-0.3, -0.25) is 4.79 Å². The Balaban J connectivity index is 1.28. The largest absolute Gasteiger partial charge is 0.398 e. The minimum absolute atomic E-state index is 0.0687. The van der Waals surface area contributed by atoms with E-state index < -0.39 is 0 Å². The van der Waals surface area contributed by atoms with Gasteiger partial charge in [-0.2, -0.15) is 0 Å². The molecule has 8 nitrogen and oxygen atoms in total. The fourth-order valence-electron chi connectivity index (χ4n) is 4.34. The summed E-state index contributed by atoms with van der Waals surface area (Å²) in [7, 11) is 0. The zero-order valence-corrected chi connectivity index (χ0v) is 20.4. The Labute approximate surface area is 209 Å². The highest BCUT2D eigenvalue weighted by molar-refractivity contribution is 7.20. The van der Waals surface area contributed by atoms with Gasteiger partial charge in [-0.1, -0.05) is 12.6 Å². The molecule has 1 aromatic heterocycles. The van der Waals surface area contributed by atoms with Gasteiger partial charge in [0.05, 0.1) is 18.1 Å². The third kappa shape index (κ3) is 5.32. The first-order valence-electron chi connectivity index (χ1n) is 11.8. The van der Waals surface area contributed by atoms with Crippen molar-refractivity contribution < 1.29 is 9.53 Å². The van der Waals surface area contributed by atoms with Crippen LogP contribution in [-0.4, -0.2) is 69.5 Å². The molecule has 0 spiro atoms. The second-order valence-corrected chi connectivity index (χ2v) is 9.70. The van der Waals surface area contributed by atoms with Gasteiger partial charge < -0.3 is 30.9 Å². The summed E-state index contributed by atoms with van der Waals surface area (Å²) in [5, 5.41) is 7.42. The van der Waals surface area contributed by atoms with Gasteiger partial charge in [0.25, 0.3) is 5.91 Å². The van der Waals surface area contributed by atoms with Crippen LogP contribution in [0.4, 0.5) is 17.1 Å². The smallest absolute Gasteiger partial charge is 0.264 e. The maximum atomic E-state index is 12.9. The van der Waals surface area contributed by atoms with Crippen molar-refractivity contribution in [3.63, 3.8) is 0 Å². The number of ether oxygens (including phenoxy) is 1. The first-order chi connectivity index (χ1) is 17.1. The Hall–Kier alpha value is -3.40. The molecular weight excluding hydrogens is 460 g/mol. The van der Waals surface area contributed by atoms with Crippen molar-refractivity contribution >= 4 is 50.6 Å². The molecule has 182 valence electrons. The van der Waals surface area contributed by atoms with Crippen LogP contribution in [0.15, 0.2) is 59.9 Å². The second kappa shape index (κ2) is 10.5. The van der Waals surface area contributed by atoms with E-state index in [1.165, 1.54) is 11.3 Å². The summed E-state index contributed by atoms with van der Waals surface area (Å²) >= 11 is 1.48. The quantitative estimate of drug-likeness (QED) is 0.362. The molecule has 0 radical (unpaired) electrons. The number of piperazine rings is 1. The fourth-order valence-corrected chi connectivity index (χ4v) is 5.39. The molecule has 2 aliphatic heterocycles. The molecule has 4 N–H and O–H groups in total. The highest BCUT2D eigenvalue weighted by Gasteiger charge is 2.21. The molecule has 0 atom stereocenters. The molecule has 2 aromatic carbocycles. The summed E-state index contributed by atoms with van der Waals surface area (Å²) in [6.45, 7) is 10.4. The lowest BCUT2D eigenvalue weighted by Crippen LogP contribution is -2.46.